The molecule has 0 aromatic heterocycles. The van der Waals surface area contributed by atoms with Crippen LogP contribution in [-0.4, -0.2) is 37.1 Å². The minimum absolute atomic E-state index is 0.0349. The fourth-order valence-electron chi connectivity index (χ4n) is 10.3. The molecule has 0 heterocycles. The van der Waals surface area contributed by atoms with E-state index >= 15 is 0 Å². The van der Waals surface area contributed by atoms with Crippen molar-refractivity contribution in [3.8, 4) is 6.07 Å². The summed E-state index contributed by atoms with van der Waals surface area (Å²) in [7, 11) is 4.38. The monoisotopic (exact) mass is 490 g/mol. The number of allylic oxidation sites excluding steroid dienone is 4. The Kier molecular flexibility index (Phi) is 5.68. The van der Waals surface area contributed by atoms with Crippen molar-refractivity contribution in [1.29, 1.82) is 5.26 Å². The average Bonchev–Trinajstić information content (AvgIpc) is 2.77. The molecule has 7 atom stereocenters. The molecule has 0 aromatic rings. The molecule has 7 unspecified atom stereocenters. The smallest absolute Gasteiger partial charge is 0.178 e. The van der Waals surface area contributed by atoms with Crippen molar-refractivity contribution in [2.45, 2.75) is 86.5 Å². The van der Waals surface area contributed by atoms with Crippen molar-refractivity contribution in [2.24, 2.45) is 50.7 Å². The predicted molar refractivity (Wildman–Crippen MR) is 143 cm³/mol. The standard InChI is InChI=1S/C32H46N2O2/c1-28(2)13-14-32(19-34(7)8)12-9-21-26(22(32)17-28)23(35)15-25-30(21,5)11-10-24-29(3,4)27(36)20(18-33)16-31(24,25)6/h15-16,21-22,24,26H,9-14,17,19H2,1-8H3. The zero-order chi connectivity index (χ0) is 26.5. The molecular weight excluding hydrogens is 444 g/mol. The first-order valence-electron chi connectivity index (χ1n) is 14.2. The van der Waals surface area contributed by atoms with E-state index in [-0.39, 0.29) is 39.4 Å². The minimum Gasteiger partial charge on any atom is -0.309 e. The van der Waals surface area contributed by atoms with Gasteiger partial charge in [0, 0.05) is 23.3 Å². The molecule has 3 fully saturated rings. The Morgan fingerprint density at radius 1 is 0.972 bits per heavy atom. The molecule has 4 nitrogen and oxygen atoms in total. The van der Waals surface area contributed by atoms with Gasteiger partial charge >= 0.3 is 0 Å². The van der Waals surface area contributed by atoms with Crippen molar-refractivity contribution in [1.82, 2.24) is 4.90 Å². The summed E-state index contributed by atoms with van der Waals surface area (Å²) in [5.74, 6) is 1.25. The second-order valence-electron chi connectivity index (χ2n) is 15.2. The van der Waals surface area contributed by atoms with Crippen LogP contribution in [0.2, 0.25) is 0 Å². The summed E-state index contributed by atoms with van der Waals surface area (Å²) in [6.45, 7) is 14.5. The molecule has 5 aliphatic rings. The lowest BCUT2D eigenvalue weighted by Crippen LogP contribution is -2.61. The summed E-state index contributed by atoms with van der Waals surface area (Å²) in [6.07, 6.45) is 11.9. The van der Waals surface area contributed by atoms with Crippen LogP contribution in [0.25, 0.3) is 0 Å². The third-order valence-electron chi connectivity index (χ3n) is 11.9. The Morgan fingerprint density at radius 2 is 1.67 bits per heavy atom. The summed E-state index contributed by atoms with van der Waals surface area (Å²) in [5.41, 5.74) is 0.893. The van der Waals surface area contributed by atoms with Gasteiger partial charge in [-0.1, -0.05) is 53.2 Å². The van der Waals surface area contributed by atoms with Gasteiger partial charge in [0.25, 0.3) is 0 Å². The molecule has 0 aromatic carbocycles. The Hall–Kier alpha value is -1.73. The largest absolute Gasteiger partial charge is 0.309 e. The number of fused-ring (bicyclic) bond motifs is 7. The first-order chi connectivity index (χ1) is 16.6. The minimum atomic E-state index is -0.600. The zero-order valence-corrected chi connectivity index (χ0v) is 23.8. The number of nitriles is 1. The number of carbonyl (C=O) groups is 2. The molecule has 0 bridgehead atoms. The average molecular weight is 491 g/mol. The maximum atomic E-state index is 14.3. The Morgan fingerprint density at radius 3 is 2.31 bits per heavy atom. The highest BCUT2D eigenvalue weighted by atomic mass is 16.1. The summed E-state index contributed by atoms with van der Waals surface area (Å²) < 4.78 is 0. The van der Waals surface area contributed by atoms with E-state index in [0.717, 1.165) is 32.2 Å². The quantitative estimate of drug-likeness (QED) is 0.451. The molecular formula is C32H46N2O2. The maximum Gasteiger partial charge on any atom is 0.178 e. The Labute approximate surface area is 218 Å². The van der Waals surface area contributed by atoms with Crippen LogP contribution in [-0.2, 0) is 9.59 Å². The van der Waals surface area contributed by atoms with Crippen LogP contribution in [0.4, 0.5) is 0 Å². The third kappa shape index (κ3) is 3.40. The second kappa shape index (κ2) is 7.89. The van der Waals surface area contributed by atoms with E-state index in [2.05, 4.69) is 52.8 Å². The Bertz CT molecular complexity index is 1100. The van der Waals surface area contributed by atoms with Crippen LogP contribution in [0.1, 0.15) is 86.5 Å². The van der Waals surface area contributed by atoms with E-state index in [1.807, 2.05) is 26.0 Å². The molecule has 4 heteroatoms. The molecule has 0 saturated heterocycles. The number of Topliss-reactive ketones (excluding diaryl/α,β-unsaturated/α-hetero) is 1. The lowest BCUT2D eigenvalue weighted by molar-refractivity contribution is -0.150. The SMILES string of the molecule is CN(C)CC12CCC3C(C(=O)C=C4C5(C)C=C(C#N)C(=O)C(C)(C)C5CCC43C)C1CC(C)(C)CC2. The molecule has 0 aliphatic heterocycles. The number of rotatable bonds is 2. The maximum absolute atomic E-state index is 14.3. The summed E-state index contributed by atoms with van der Waals surface area (Å²) in [4.78, 5) is 29.8. The van der Waals surface area contributed by atoms with E-state index in [1.165, 1.54) is 24.8 Å². The molecule has 5 aliphatic carbocycles. The van der Waals surface area contributed by atoms with Gasteiger partial charge in [0.15, 0.2) is 11.6 Å². The van der Waals surface area contributed by atoms with Crippen molar-refractivity contribution in [3.63, 3.8) is 0 Å². The van der Waals surface area contributed by atoms with Gasteiger partial charge in [-0.05, 0) is 99.1 Å². The van der Waals surface area contributed by atoms with Gasteiger partial charge in [-0.25, -0.2) is 0 Å². The number of carbonyl (C=O) groups excluding carboxylic acids is 2. The third-order valence-corrected chi connectivity index (χ3v) is 11.9. The molecule has 5 rings (SSSR count). The summed E-state index contributed by atoms with van der Waals surface area (Å²) in [6, 6.07) is 2.21. The van der Waals surface area contributed by atoms with Gasteiger partial charge < -0.3 is 4.90 Å². The highest BCUT2D eigenvalue weighted by molar-refractivity contribution is 6.04. The van der Waals surface area contributed by atoms with Gasteiger partial charge in [0.05, 0.1) is 5.57 Å². The highest BCUT2D eigenvalue weighted by Gasteiger charge is 2.65. The van der Waals surface area contributed by atoms with E-state index in [1.54, 1.807) is 0 Å². The zero-order valence-electron chi connectivity index (χ0n) is 23.8. The molecule has 0 amide bonds. The van der Waals surface area contributed by atoms with E-state index in [0.29, 0.717) is 17.6 Å². The Balaban J connectivity index is 1.64. The van der Waals surface area contributed by atoms with E-state index < -0.39 is 10.8 Å². The molecule has 0 N–H and O–H groups in total. The molecule has 3 saturated carbocycles. The molecule has 196 valence electrons. The molecule has 0 spiro atoms. The fourth-order valence-corrected chi connectivity index (χ4v) is 10.3. The number of hydrogen-bond donors (Lipinski definition) is 0. The van der Waals surface area contributed by atoms with Crippen LogP contribution in [0, 0.1) is 62.1 Å². The van der Waals surface area contributed by atoms with Crippen molar-refractivity contribution < 1.29 is 9.59 Å². The summed E-state index contributed by atoms with van der Waals surface area (Å²) in [5, 5.41) is 9.85. The first-order valence-corrected chi connectivity index (χ1v) is 14.2. The van der Waals surface area contributed by atoms with Crippen molar-refractivity contribution in [3.05, 3.63) is 23.3 Å². The lowest BCUT2D eigenvalue weighted by Gasteiger charge is -2.65. The van der Waals surface area contributed by atoms with Crippen molar-refractivity contribution >= 4 is 11.6 Å². The van der Waals surface area contributed by atoms with E-state index in [4.69, 9.17) is 0 Å². The fraction of sp³-hybridized carbons (Fsp3) is 0.781. The van der Waals surface area contributed by atoms with Crippen molar-refractivity contribution in [2.75, 3.05) is 20.6 Å². The predicted octanol–water partition coefficient (Wildman–Crippen LogP) is 6.38. The normalized spacial score (nSPS) is 44.9. The van der Waals surface area contributed by atoms with Crippen LogP contribution < -0.4 is 0 Å². The lowest BCUT2D eigenvalue weighted by atomic mass is 9.38. The molecule has 36 heavy (non-hydrogen) atoms. The van der Waals surface area contributed by atoms with Crippen LogP contribution in [0.15, 0.2) is 23.3 Å². The molecule has 0 radical (unpaired) electrons. The van der Waals surface area contributed by atoms with Crippen LogP contribution >= 0.6 is 0 Å². The van der Waals surface area contributed by atoms with Gasteiger partial charge in [-0.3, -0.25) is 9.59 Å². The van der Waals surface area contributed by atoms with Gasteiger partial charge in [0.1, 0.15) is 6.07 Å². The summed E-state index contributed by atoms with van der Waals surface area (Å²) >= 11 is 0. The first kappa shape index (κ1) is 25.9. The highest BCUT2D eigenvalue weighted by Crippen LogP contribution is 2.70. The van der Waals surface area contributed by atoms with Gasteiger partial charge in [-0.2, -0.15) is 5.26 Å². The van der Waals surface area contributed by atoms with E-state index in [9.17, 15) is 14.9 Å². The number of nitrogens with zero attached hydrogens (tertiary/aromatic N) is 2. The topological polar surface area (TPSA) is 61.2 Å². The second-order valence-corrected chi connectivity index (χ2v) is 15.2. The number of ketones is 2. The van der Waals surface area contributed by atoms with Gasteiger partial charge in [0.2, 0.25) is 0 Å². The number of hydrogen-bond acceptors (Lipinski definition) is 4. The van der Waals surface area contributed by atoms with Gasteiger partial charge in [-0.15, -0.1) is 0 Å². The van der Waals surface area contributed by atoms with Crippen LogP contribution in [0.3, 0.4) is 0 Å². The van der Waals surface area contributed by atoms with Crippen LogP contribution in [0.5, 0.6) is 0 Å².